The Kier molecular flexibility index (Phi) is 5.46. The summed E-state index contributed by atoms with van der Waals surface area (Å²) in [4.78, 5) is 16.5. The minimum atomic E-state index is -0.222. The molecule has 0 atom stereocenters. The van der Waals surface area contributed by atoms with E-state index in [2.05, 4.69) is 48.4 Å². The van der Waals surface area contributed by atoms with Gasteiger partial charge in [0.25, 0.3) is 5.91 Å². The summed E-state index contributed by atoms with van der Waals surface area (Å²) in [5.41, 5.74) is 3.20. The van der Waals surface area contributed by atoms with E-state index in [-0.39, 0.29) is 12.5 Å². The largest absolute Gasteiger partial charge is 0.484 e. The second-order valence-electron chi connectivity index (χ2n) is 5.96. The summed E-state index contributed by atoms with van der Waals surface area (Å²) < 4.78 is 5.43. The van der Waals surface area contributed by atoms with Gasteiger partial charge in [-0.3, -0.25) is 10.1 Å². The number of rotatable bonds is 6. The Morgan fingerprint density at radius 3 is 2.52 bits per heavy atom. The molecule has 3 aromatic rings. The van der Waals surface area contributed by atoms with Gasteiger partial charge in [0.2, 0.25) is 0 Å². The van der Waals surface area contributed by atoms with E-state index in [9.17, 15) is 4.79 Å². The molecule has 0 saturated carbocycles. The predicted molar refractivity (Wildman–Crippen MR) is 102 cm³/mol. The summed E-state index contributed by atoms with van der Waals surface area (Å²) in [6.45, 7) is 4.30. The van der Waals surface area contributed by atoms with Crippen LogP contribution in [0.5, 0.6) is 5.75 Å². The molecule has 1 amide bonds. The molecule has 5 heteroatoms. The van der Waals surface area contributed by atoms with Gasteiger partial charge in [0, 0.05) is 10.9 Å². The highest BCUT2D eigenvalue weighted by Crippen LogP contribution is 2.26. The standard InChI is InChI=1S/C20H20N2O2S/c1-14(2)15-8-10-16(11-9-15)18-13-25-20(21-18)22-19(23)12-24-17-6-4-3-5-7-17/h3-11,13-14H,12H2,1-2H3,(H,21,22,23). The van der Waals surface area contributed by atoms with Gasteiger partial charge in [0.05, 0.1) is 5.69 Å². The maximum absolute atomic E-state index is 12.0. The first-order valence-electron chi connectivity index (χ1n) is 8.15. The molecule has 25 heavy (non-hydrogen) atoms. The van der Waals surface area contributed by atoms with Crippen LogP contribution in [0.25, 0.3) is 11.3 Å². The Hall–Kier alpha value is -2.66. The summed E-state index contributed by atoms with van der Waals surface area (Å²) in [5, 5.41) is 5.29. The van der Waals surface area contributed by atoms with Crippen LogP contribution in [0, 0.1) is 0 Å². The molecule has 0 spiro atoms. The predicted octanol–water partition coefficient (Wildman–Crippen LogP) is 4.95. The second-order valence-corrected chi connectivity index (χ2v) is 6.82. The molecule has 1 aromatic heterocycles. The molecule has 0 bridgehead atoms. The summed E-state index contributed by atoms with van der Waals surface area (Å²) in [6, 6.07) is 17.6. The average molecular weight is 352 g/mol. The van der Waals surface area contributed by atoms with Gasteiger partial charge in [0.1, 0.15) is 5.75 Å². The van der Waals surface area contributed by atoms with Crippen LogP contribution in [-0.2, 0) is 4.79 Å². The smallest absolute Gasteiger partial charge is 0.264 e. The van der Waals surface area contributed by atoms with Crippen molar-refractivity contribution in [3.8, 4) is 17.0 Å². The van der Waals surface area contributed by atoms with E-state index < -0.39 is 0 Å². The second kappa shape index (κ2) is 7.94. The van der Waals surface area contributed by atoms with Crippen molar-refractivity contribution in [2.75, 3.05) is 11.9 Å². The fraction of sp³-hybridized carbons (Fsp3) is 0.200. The quantitative estimate of drug-likeness (QED) is 0.683. The van der Waals surface area contributed by atoms with Crippen molar-refractivity contribution in [3.63, 3.8) is 0 Å². The van der Waals surface area contributed by atoms with Crippen molar-refractivity contribution in [2.45, 2.75) is 19.8 Å². The Morgan fingerprint density at radius 2 is 1.84 bits per heavy atom. The average Bonchev–Trinajstić information content (AvgIpc) is 3.09. The molecule has 2 aromatic carbocycles. The van der Waals surface area contributed by atoms with Gasteiger partial charge in [-0.1, -0.05) is 56.3 Å². The molecule has 1 heterocycles. The van der Waals surface area contributed by atoms with Gasteiger partial charge in [-0.2, -0.15) is 0 Å². The molecule has 0 saturated heterocycles. The fourth-order valence-electron chi connectivity index (χ4n) is 2.32. The lowest BCUT2D eigenvalue weighted by Crippen LogP contribution is -2.19. The molecule has 0 radical (unpaired) electrons. The minimum absolute atomic E-state index is 0.0397. The van der Waals surface area contributed by atoms with Crippen molar-refractivity contribution in [1.82, 2.24) is 4.98 Å². The van der Waals surface area contributed by atoms with Crippen molar-refractivity contribution >= 4 is 22.4 Å². The Morgan fingerprint density at radius 1 is 1.12 bits per heavy atom. The Bertz CT molecular complexity index is 826. The van der Waals surface area contributed by atoms with E-state index >= 15 is 0 Å². The molecule has 1 N–H and O–H groups in total. The van der Waals surface area contributed by atoms with Gasteiger partial charge in [0.15, 0.2) is 11.7 Å². The van der Waals surface area contributed by atoms with E-state index in [4.69, 9.17) is 4.74 Å². The lowest BCUT2D eigenvalue weighted by Gasteiger charge is -2.06. The van der Waals surface area contributed by atoms with Gasteiger partial charge < -0.3 is 4.74 Å². The number of ether oxygens (including phenoxy) is 1. The fourth-order valence-corrected chi connectivity index (χ4v) is 3.06. The Balaban J connectivity index is 1.58. The molecule has 0 fully saturated rings. The van der Waals surface area contributed by atoms with E-state index in [0.717, 1.165) is 11.3 Å². The van der Waals surface area contributed by atoms with Crippen LogP contribution in [0.1, 0.15) is 25.3 Å². The summed E-state index contributed by atoms with van der Waals surface area (Å²) in [7, 11) is 0. The SMILES string of the molecule is CC(C)c1ccc(-c2csc(NC(=O)COc3ccccc3)n2)cc1. The number of anilines is 1. The monoisotopic (exact) mass is 352 g/mol. The van der Waals surface area contributed by atoms with E-state index in [1.807, 2.05) is 35.7 Å². The highest BCUT2D eigenvalue weighted by molar-refractivity contribution is 7.14. The van der Waals surface area contributed by atoms with E-state index in [1.165, 1.54) is 16.9 Å². The van der Waals surface area contributed by atoms with Crippen LogP contribution in [0.2, 0.25) is 0 Å². The first kappa shape index (κ1) is 17.2. The van der Waals surface area contributed by atoms with Crippen molar-refractivity contribution in [2.24, 2.45) is 0 Å². The molecule has 0 aliphatic rings. The Labute approximate surface area is 151 Å². The number of thiazole rings is 1. The van der Waals surface area contributed by atoms with Crippen molar-refractivity contribution < 1.29 is 9.53 Å². The minimum Gasteiger partial charge on any atom is -0.484 e. The number of benzene rings is 2. The number of nitrogens with one attached hydrogen (secondary N) is 1. The van der Waals surface area contributed by atoms with Crippen LogP contribution in [0.15, 0.2) is 60.0 Å². The highest BCUT2D eigenvalue weighted by atomic mass is 32.1. The van der Waals surface area contributed by atoms with Crippen LogP contribution >= 0.6 is 11.3 Å². The summed E-state index contributed by atoms with van der Waals surface area (Å²) in [6.07, 6.45) is 0. The van der Waals surface area contributed by atoms with Gasteiger partial charge in [-0.25, -0.2) is 4.98 Å². The van der Waals surface area contributed by atoms with Crippen LogP contribution in [0.3, 0.4) is 0 Å². The molecule has 4 nitrogen and oxygen atoms in total. The number of amides is 1. The number of nitrogens with zero attached hydrogens (tertiary/aromatic N) is 1. The van der Waals surface area contributed by atoms with Crippen molar-refractivity contribution in [1.29, 1.82) is 0 Å². The zero-order valence-electron chi connectivity index (χ0n) is 14.2. The summed E-state index contributed by atoms with van der Waals surface area (Å²) >= 11 is 1.41. The molecule has 0 aliphatic carbocycles. The number of hydrogen-bond donors (Lipinski definition) is 1. The number of hydrogen-bond acceptors (Lipinski definition) is 4. The van der Waals surface area contributed by atoms with Gasteiger partial charge in [-0.05, 0) is 23.6 Å². The third kappa shape index (κ3) is 4.67. The van der Waals surface area contributed by atoms with Crippen LogP contribution < -0.4 is 10.1 Å². The summed E-state index contributed by atoms with van der Waals surface area (Å²) in [5.74, 6) is 0.951. The lowest BCUT2D eigenvalue weighted by atomic mass is 10.0. The van der Waals surface area contributed by atoms with Crippen LogP contribution in [-0.4, -0.2) is 17.5 Å². The molecule has 128 valence electrons. The topological polar surface area (TPSA) is 51.2 Å². The molecule has 3 rings (SSSR count). The zero-order valence-corrected chi connectivity index (χ0v) is 15.0. The highest BCUT2D eigenvalue weighted by Gasteiger charge is 2.09. The van der Waals surface area contributed by atoms with Gasteiger partial charge in [-0.15, -0.1) is 11.3 Å². The number of aromatic nitrogens is 1. The van der Waals surface area contributed by atoms with Crippen LogP contribution in [0.4, 0.5) is 5.13 Å². The van der Waals surface area contributed by atoms with Crippen molar-refractivity contribution in [3.05, 3.63) is 65.5 Å². The zero-order chi connectivity index (χ0) is 17.6. The molecular formula is C20H20N2O2S. The lowest BCUT2D eigenvalue weighted by molar-refractivity contribution is -0.118. The molecular weight excluding hydrogens is 332 g/mol. The molecule has 0 unspecified atom stereocenters. The van der Waals surface area contributed by atoms with E-state index in [0.29, 0.717) is 16.8 Å². The first-order chi connectivity index (χ1) is 12.1. The third-order valence-corrected chi connectivity index (χ3v) is 4.49. The maximum atomic E-state index is 12.0. The number of para-hydroxylation sites is 1. The maximum Gasteiger partial charge on any atom is 0.264 e. The number of carbonyl (C=O) groups excluding carboxylic acids is 1. The van der Waals surface area contributed by atoms with E-state index in [1.54, 1.807) is 0 Å². The third-order valence-electron chi connectivity index (χ3n) is 3.74. The molecule has 0 aliphatic heterocycles. The normalized spacial score (nSPS) is 10.7. The van der Waals surface area contributed by atoms with Gasteiger partial charge >= 0.3 is 0 Å². The first-order valence-corrected chi connectivity index (χ1v) is 9.03. The number of carbonyl (C=O) groups is 1.